The van der Waals surface area contributed by atoms with Crippen molar-refractivity contribution >= 4 is 19.9 Å². The zero-order chi connectivity index (χ0) is 12.4. The largest absolute Gasteiger partial charge is 0.412 e. The maximum absolute atomic E-state index is 6.08. The lowest BCUT2D eigenvalue weighted by atomic mass is 10.2. The summed E-state index contributed by atoms with van der Waals surface area (Å²) in [4.78, 5) is 4.04. The molecule has 0 aliphatic heterocycles. The van der Waals surface area contributed by atoms with Crippen LogP contribution in [0.3, 0.4) is 0 Å². The molecule has 0 aliphatic rings. The lowest BCUT2D eigenvalue weighted by molar-refractivity contribution is 0.276. The van der Waals surface area contributed by atoms with Crippen molar-refractivity contribution in [1.82, 2.24) is 4.98 Å². The van der Waals surface area contributed by atoms with Gasteiger partial charge in [0.2, 0.25) is 0 Å². The fourth-order valence-corrected chi connectivity index (χ4v) is 2.12. The molecule has 0 radical (unpaired) electrons. The molecule has 0 aliphatic carbocycles. The van der Waals surface area contributed by atoms with Crippen LogP contribution in [0.5, 0.6) is 0 Å². The Labute approximate surface area is 104 Å². The molecule has 1 aromatic rings. The Hall–Kier alpha value is -0.383. The molecule has 0 spiro atoms. The number of rotatable bonds is 3. The number of hydrogen-bond acceptors (Lipinski definition) is 2. The molecule has 0 atom stereocenters. The summed E-state index contributed by atoms with van der Waals surface area (Å²) in [6.45, 7) is 11.7. The Morgan fingerprint density at radius 2 is 2.00 bits per heavy atom. The summed E-state index contributed by atoms with van der Waals surface area (Å²) < 4.78 is 6.08. The van der Waals surface area contributed by atoms with Crippen LogP contribution in [0.25, 0.3) is 0 Å². The van der Waals surface area contributed by atoms with Gasteiger partial charge in [-0.15, -0.1) is 0 Å². The average Bonchev–Trinajstić information content (AvgIpc) is 2.15. The fourth-order valence-electron chi connectivity index (χ4n) is 1.00. The van der Waals surface area contributed by atoms with Gasteiger partial charge in [0.1, 0.15) is 5.15 Å². The van der Waals surface area contributed by atoms with Crippen molar-refractivity contribution in [2.45, 2.75) is 45.5 Å². The molecule has 1 aromatic heterocycles. The predicted octanol–water partition coefficient (Wildman–Crippen LogP) is 4.26. The minimum absolute atomic E-state index is 0.224. The number of aromatic nitrogens is 1. The standard InChI is InChI=1S/C12H20ClNOSi/c1-12(2,3)16(4,5)15-9-10-7-6-8-14-11(10)13/h6-8H,9H2,1-5H3. The molecule has 1 heterocycles. The molecule has 16 heavy (non-hydrogen) atoms. The third-order valence-corrected chi connectivity index (χ3v) is 8.05. The molecular formula is C12H20ClNOSi. The fraction of sp³-hybridized carbons (Fsp3) is 0.583. The van der Waals surface area contributed by atoms with Crippen molar-refractivity contribution in [2.75, 3.05) is 0 Å². The monoisotopic (exact) mass is 257 g/mol. The molecule has 0 bridgehead atoms. The highest BCUT2D eigenvalue weighted by Crippen LogP contribution is 2.37. The Morgan fingerprint density at radius 1 is 1.38 bits per heavy atom. The number of hydrogen-bond donors (Lipinski definition) is 0. The predicted molar refractivity (Wildman–Crippen MR) is 71.2 cm³/mol. The van der Waals surface area contributed by atoms with Crippen molar-refractivity contribution in [3.8, 4) is 0 Å². The average molecular weight is 258 g/mol. The van der Waals surface area contributed by atoms with Crippen LogP contribution in [0.15, 0.2) is 18.3 Å². The normalized spacial score (nSPS) is 12.9. The molecule has 0 N–H and O–H groups in total. The van der Waals surface area contributed by atoms with Crippen LogP contribution in [0.4, 0.5) is 0 Å². The van der Waals surface area contributed by atoms with Crippen molar-refractivity contribution < 1.29 is 4.43 Å². The van der Waals surface area contributed by atoms with Crippen LogP contribution in [-0.2, 0) is 11.0 Å². The maximum Gasteiger partial charge on any atom is 0.192 e. The lowest BCUT2D eigenvalue weighted by Gasteiger charge is -2.36. The van der Waals surface area contributed by atoms with Gasteiger partial charge >= 0.3 is 0 Å². The Bertz CT molecular complexity index is 360. The van der Waals surface area contributed by atoms with E-state index in [4.69, 9.17) is 16.0 Å². The van der Waals surface area contributed by atoms with E-state index in [2.05, 4.69) is 38.8 Å². The second-order valence-electron chi connectivity index (χ2n) is 5.50. The van der Waals surface area contributed by atoms with Gasteiger partial charge in [0.15, 0.2) is 8.32 Å². The second-order valence-corrected chi connectivity index (χ2v) is 10.7. The summed E-state index contributed by atoms with van der Waals surface area (Å²) in [6.07, 6.45) is 1.69. The summed E-state index contributed by atoms with van der Waals surface area (Å²) in [6, 6.07) is 3.85. The first-order valence-electron chi connectivity index (χ1n) is 5.47. The van der Waals surface area contributed by atoms with Gasteiger partial charge in [-0.25, -0.2) is 4.98 Å². The van der Waals surface area contributed by atoms with Gasteiger partial charge in [0.05, 0.1) is 6.61 Å². The maximum atomic E-state index is 6.08. The second kappa shape index (κ2) is 4.86. The lowest BCUT2D eigenvalue weighted by Crippen LogP contribution is -2.40. The first kappa shape index (κ1) is 13.7. The molecule has 90 valence electrons. The zero-order valence-corrected chi connectivity index (χ0v) is 12.4. The van der Waals surface area contributed by atoms with Gasteiger partial charge < -0.3 is 4.43 Å². The van der Waals surface area contributed by atoms with E-state index in [0.29, 0.717) is 11.8 Å². The third kappa shape index (κ3) is 3.30. The van der Waals surface area contributed by atoms with Gasteiger partial charge in [-0.1, -0.05) is 38.4 Å². The smallest absolute Gasteiger partial charge is 0.192 e. The van der Waals surface area contributed by atoms with Gasteiger partial charge in [-0.05, 0) is 24.2 Å². The van der Waals surface area contributed by atoms with E-state index in [1.807, 2.05) is 12.1 Å². The first-order valence-corrected chi connectivity index (χ1v) is 8.76. The minimum Gasteiger partial charge on any atom is -0.412 e. The van der Waals surface area contributed by atoms with E-state index in [0.717, 1.165) is 5.56 Å². The van der Waals surface area contributed by atoms with E-state index in [1.165, 1.54) is 0 Å². The van der Waals surface area contributed by atoms with E-state index < -0.39 is 8.32 Å². The van der Waals surface area contributed by atoms with E-state index in [9.17, 15) is 0 Å². The number of nitrogens with zero attached hydrogens (tertiary/aromatic N) is 1. The van der Waals surface area contributed by atoms with Gasteiger partial charge in [0.25, 0.3) is 0 Å². The summed E-state index contributed by atoms with van der Waals surface area (Å²) in [5.74, 6) is 0. The van der Waals surface area contributed by atoms with Crippen LogP contribution in [0.1, 0.15) is 26.3 Å². The molecule has 0 saturated carbocycles. The molecule has 2 nitrogen and oxygen atoms in total. The Balaban J connectivity index is 2.69. The van der Waals surface area contributed by atoms with Crippen molar-refractivity contribution in [2.24, 2.45) is 0 Å². The van der Waals surface area contributed by atoms with E-state index in [1.54, 1.807) is 6.20 Å². The highest BCUT2D eigenvalue weighted by atomic mass is 35.5. The van der Waals surface area contributed by atoms with Crippen LogP contribution < -0.4 is 0 Å². The summed E-state index contributed by atoms with van der Waals surface area (Å²) in [5, 5.41) is 0.767. The summed E-state index contributed by atoms with van der Waals surface area (Å²) >= 11 is 5.99. The first-order chi connectivity index (χ1) is 7.24. The van der Waals surface area contributed by atoms with Crippen molar-refractivity contribution in [3.05, 3.63) is 29.0 Å². The molecule has 1 rings (SSSR count). The Kier molecular flexibility index (Phi) is 4.15. The molecule has 0 unspecified atom stereocenters. The third-order valence-electron chi connectivity index (χ3n) is 3.23. The minimum atomic E-state index is -1.70. The summed E-state index contributed by atoms with van der Waals surface area (Å²) in [5.41, 5.74) is 0.967. The van der Waals surface area contributed by atoms with Crippen LogP contribution >= 0.6 is 11.6 Å². The molecule has 0 saturated heterocycles. The molecule has 0 fully saturated rings. The van der Waals surface area contributed by atoms with Gasteiger partial charge in [-0.2, -0.15) is 0 Å². The quantitative estimate of drug-likeness (QED) is 0.596. The van der Waals surface area contributed by atoms with E-state index >= 15 is 0 Å². The van der Waals surface area contributed by atoms with Gasteiger partial charge in [0, 0.05) is 11.8 Å². The highest BCUT2D eigenvalue weighted by molar-refractivity contribution is 6.74. The number of halogens is 1. The molecule has 0 amide bonds. The van der Waals surface area contributed by atoms with Crippen LogP contribution in [0.2, 0.25) is 23.3 Å². The van der Waals surface area contributed by atoms with Crippen LogP contribution in [0, 0.1) is 0 Å². The van der Waals surface area contributed by atoms with Gasteiger partial charge in [-0.3, -0.25) is 0 Å². The zero-order valence-electron chi connectivity index (χ0n) is 10.7. The molecular weight excluding hydrogens is 238 g/mol. The number of pyridine rings is 1. The van der Waals surface area contributed by atoms with Crippen molar-refractivity contribution in [3.63, 3.8) is 0 Å². The topological polar surface area (TPSA) is 22.1 Å². The molecule has 0 aromatic carbocycles. The highest BCUT2D eigenvalue weighted by Gasteiger charge is 2.37. The van der Waals surface area contributed by atoms with Crippen molar-refractivity contribution in [1.29, 1.82) is 0 Å². The molecule has 4 heteroatoms. The van der Waals surface area contributed by atoms with Crippen LogP contribution in [-0.4, -0.2) is 13.3 Å². The summed E-state index contributed by atoms with van der Waals surface area (Å²) in [7, 11) is -1.70. The van der Waals surface area contributed by atoms with E-state index in [-0.39, 0.29) is 5.04 Å². The SMILES string of the molecule is CC(C)(C)[Si](C)(C)OCc1cccnc1Cl. The Morgan fingerprint density at radius 3 is 2.50 bits per heavy atom.